The van der Waals surface area contributed by atoms with Gasteiger partial charge in [0.1, 0.15) is 22.4 Å². The fourth-order valence-corrected chi connectivity index (χ4v) is 8.09. The lowest BCUT2D eigenvalue weighted by Gasteiger charge is -2.27. The molecule has 11 heteroatoms. The van der Waals surface area contributed by atoms with Crippen LogP contribution >= 0.6 is 11.3 Å². The first-order valence-electron chi connectivity index (χ1n) is 19.7. The van der Waals surface area contributed by atoms with Crippen LogP contribution in [0.2, 0.25) is 6.32 Å². The SMILES string of the molecule is C=C(c1c(/C(F)=C\C)sc(N)c1C#N)c1c2c(c3cnc(N4CCC(C)C4CCCCCC)nc3c1F)COC2.CC.CC1(O)[B]CCC1.CCCC. The number of halogens is 2. The van der Waals surface area contributed by atoms with E-state index in [4.69, 9.17) is 25.5 Å². The first-order chi connectivity index (χ1) is 25.4. The molecule has 3 atom stereocenters. The number of nitrogens with zero attached hydrogens (tertiary/aromatic N) is 4. The van der Waals surface area contributed by atoms with Crippen LogP contribution in [0.25, 0.3) is 22.3 Å². The summed E-state index contributed by atoms with van der Waals surface area (Å²) in [6, 6.07) is 2.37. The summed E-state index contributed by atoms with van der Waals surface area (Å²) >= 11 is 0.958. The minimum absolute atomic E-state index is 0.0921. The number of aliphatic hydroxyl groups is 1. The van der Waals surface area contributed by atoms with Crippen LogP contribution in [0.4, 0.5) is 19.7 Å². The highest BCUT2D eigenvalue weighted by Crippen LogP contribution is 2.45. The minimum Gasteiger partial charge on any atom is -0.399 e. The van der Waals surface area contributed by atoms with Gasteiger partial charge in [-0.05, 0) is 55.7 Å². The number of fused-ring (bicyclic) bond motifs is 3. The van der Waals surface area contributed by atoms with E-state index in [2.05, 4.69) is 45.2 Å². The summed E-state index contributed by atoms with van der Waals surface area (Å²) in [4.78, 5) is 11.9. The summed E-state index contributed by atoms with van der Waals surface area (Å²) in [7, 11) is 1.98. The van der Waals surface area contributed by atoms with Gasteiger partial charge in [-0.1, -0.05) is 105 Å². The van der Waals surface area contributed by atoms with Crippen LogP contribution in [0.5, 0.6) is 0 Å². The molecule has 0 bridgehead atoms. The number of hydrogen-bond acceptors (Lipinski definition) is 8. The molecule has 7 nitrogen and oxygen atoms in total. The number of unbranched alkanes of at least 4 members (excludes halogenated alkanes) is 4. The standard InChI is InChI=1S/C31H35F2N5OS.C5H10BO.C4H10.C2H6/c1-5-7-8-9-10-24-17(3)11-12-38(24)31-36-14-20-21-15-39-16-22(21)25(27(33)28(20)37-31)18(4)26-19(13-34)30(35)40-29(26)23(32)6-2;1-5(7)3-2-4-6-5;1-3-4-2;1-2/h6,14,17,24H,4-5,7-12,15-16,35H2,1-3H3;7H,2-4H2,1H3;3-4H2,1-2H3;1-2H3/b23-6+;;;. The smallest absolute Gasteiger partial charge is 0.226 e. The summed E-state index contributed by atoms with van der Waals surface area (Å²) in [5, 5.41) is 19.7. The first-order valence-corrected chi connectivity index (χ1v) is 20.5. The van der Waals surface area contributed by atoms with E-state index < -0.39 is 17.1 Å². The van der Waals surface area contributed by atoms with Gasteiger partial charge in [0.15, 0.2) is 13.1 Å². The van der Waals surface area contributed by atoms with E-state index in [1.54, 1.807) is 13.1 Å². The van der Waals surface area contributed by atoms with E-state index in [9.17, 15) is 9.65 Å². The molecule has 5 heterocycles. The fourth-order valence-electron chi connectivity index (χ4n) is 7.08. The van der Waals surface area contributed by atoms with Gasteiger partial charge in [0.05, 0.1) is 23.7 Å². The average Bonchev–Trinajstić information content (AvgIpc) is 3.97. The van der Waals surface area contributed by atoms with Crippen molar-refractivity contribution >= 4 is 51.9 Å². The highest BCUT2D eigenvalue weighted by Gasteiger charge is 2.34. The monoisotopic (exact) mass is 748 g/mol. The number of aromatic nitrogens is 2. The van der Waals surface area contributed by atoms with Crippen molar-refractivity contribution in [2.24, 2.45) is 5.92 Å². The van der Waals surface area contributed by atoms with E-state index >= 15 is 4.39 Å². The number of rotatable bonds is 10. The minimum atomic E-state index is -0.569. The molecule has 3 aliphatic heterocycles. The maximum absolute atomic E-state index is 16.6. The fraction of sp³-hybridized carbons (Fsp3) is 0.595. The molecule has 0 amide bonds. The van der Waals surface area contributed by atoms with Crippen molar-refractivity contribution in [3.63, 3.8) is 0 Å². The highest BCUT2D eigenvalue weighted by molar-refractivity contribution is 7.17. The number of ether oxygens (including phenoxy) is 1. The number of nitriles is 1. The van der Waals surface area contributed by atoms with Crippen LogP contribution in [0.3, 0.4) is 0 Å². The molecule has 53 heavy (non-hydrogen) atoms. The van der Waals surface area contributed by atoms with E-state index in [1.165, 1.54) is 38.2 Å². The molecule has 2 aromatic heterocycles. The summed E-state index contributed by atoms with van der Waals surface area (Å²) in [5.74, 6) is -0.0888. The number of nitrogens with two attached hydrogens (primary N) is 1. The van der Waals surface area contributed by atoms with Crippen molar-refractivity contribution in [1.29, 1.82) is 5.26 Å². The zero-order valence-corrected chi connectivity index (χ0v) is 34.2. The zero-order chi connectivity index (χ0) is 39.3. The maximum Gasteiger partial charge on any atom is 0.226 e. The average molecular weight is 749 g/mol. The molecule has 0 saturated carbocycles. The van der Waals surface area contributed by atoms with E-state index in [-0.39, 0.29) is 50.9 Å². The number of anilines is 2. The highest BCUT2D eigenvalue weighted by atomic mass is 32.1. The lowest BCUT2D eigenvalue weighted by atomic mass is 9.65. The first kappa shape index (κ1) is 44.1. The van der Waals surface area contributed by atoms with Crippen molar-refractivity contribution in [3.05, 3.63) is 57.4 Å². The van der Waals surface area contributed by atoms with Crippen LogP contribution in [-0.4, -0.2) is 40.4 Å². The normalized spacial score (nSPS) is 20.3. The molecule has 289 valence electrons. The molecule has 3 N–H and O–H groups in total. The molecule has 2 saturated heterocycles. The van der Waals surface area contributed by atoms with Gasteiger partial charge in [0.2, 0.25) is 5.95 Å². The predicted octanol–water partition coefficient (Wildman–Crippen LogP) is 11.3. The zero-order valence-electron chi connectivity index (χ0n) is 33.4. The Morgan fingerprint density at radius 2 is 1.89 bits per heavy atom. The topological polar surface area (TPSA) is 108 Å². The Bertz CT molecular complexity index is 1740. The quantitative estimate of drug-likeness (QED) is 0.157. The summed E-state index contributed by atoms with van der Waals surface area (Å²) in [6.07, 6.45) is 15.7. The summed E-state index contributed by atoms with van der Waals surface area (Å²) in [6.45, 7) is 21.7. The van der Waals surface area contributed by atoms with Gasteiger partial charge in [-0.3, -0.25) is 0 Å². The van der Waals surface area contributed by atoms with Gasteiger partial charge in [0.25, 0.3) is 0 Å². The lowest BCUT2D eigenvalue weighted by Crippen LogP contribution is -2.33. The van der Waals surface area contributed by atoms with Gasteiger partial charge in [0, 0.05) is 40.8 Å². The van der Waals surface area contributed by atoms with Gasteiger partial charge in [-0.2, -0.15) is 5.26 Å². The molecule has 0 spiro atoms. The number of hydrogen-bond donors (Lipinski definition) is 2. The second-order valence-electron chi connectivity index (χ2n) is 14.2. The third-order valence-electron chi connectivity index (χ3n) is 10.3. The van der Waals surface area contributed by atoms with Gasteiger partial charge < -0.3 is 20.5 Å². The summed E-state index contributed by atoms with van der Waals surface area (Å²) < 4.78 is 37.3. The van der Waals surface area contributed by atoms with Gasteiger partial charge in [-0.15, -0.1) is 11.3 Å². The van der Waals surface area contributed by atoms with Crippen LogP contribution in [0.15, 0.2) is 18.9 Å². The Morgan fingerprint density at radius 1 is 1.19 bits per heavy atom. The number of benzene rings is 1. The van der Waals surface area contributed by atoms with Crippen molar-refractivity contribution in [2.75, 3.05) is 17.2 Å². The molecule has 6 rings (SSSR count). The molecule has 0 aliphatic carbocycles. The summed E-state index contributed by atoms with van der Waals surface area (Å²) in [5.41, 5.74) is 7.94. The Labute approximate surface area is 322 Å². The molecule has 1 aromatic carbocycles. The van der Waals surface area contributed by atoms with Crippen molar-refractivity contribution in [2.45, 2.75) is 151 Å². The predicted molar refractivity (Wildman–Crippen MR) is 220 cm³/mol. The molecular formula is C42H61BF2N5O2S. The van der Waals surface area contributed by atoms with Crippen molar-refractivity contribution < 1.29 is 18.6 Å². The molecule has 3 aromatic rings. The van der Waals surface area contributed by atoms with Crippen molar-refractivity contribution in [1.82, 2.24) is 9.97 Å². The molecule has 3 aliphatic rings. The molecular weight excluding hydrogens is 687 g/mol. The Hall–Kier alpha value is -3.33. The van der Waals surface area contributed by atoms with E-state index in [0.29, 0.717) is 28.9 Å². The third-order valence-corrected chi connectivity index (χ3v) is 11.3. The molecule has 3 unspecified atom stereocenters. The van der Waals surface area contributed by atoms with Crippen molar-refractivity contribution in [3.8, 4) is 6.07 Å². The second kappa shape index (κ2) is 20.9. The van der Waals surface area contributed by atoms with Crippen LogP contribution in [0.1, 0.15) is 152 Å². The number of nitrogen functional groups attached to an aromatic ring is 1. The van der Waals surface area contributed by atoms with Gasteiger partial charge >= 0.3 is 0 Å². The number of allylic oxidation sites excluding steroid dienone is 1. The van der Waals surface area contributed by atoms with E-state index in [1.807, 2.05) is 28.1 Å². The van der Waals surface area contributed by atoms with Gasteiger partial charge in [-0.25, -0.2) is 18.7 Å². The lowest BCUT2D eigenvalue weighted by molar-refractivity contribution is 0.134. The Kier molecular flexibility index (Phi) is 17.4. The van der Waals surface area contributed by atoms with Crippen LogP contribution in [0, 0.1) is 23.1 Å². The number of thiophene rings is 1. The van der Waals surface area contributed by atoms with E-state index in [0.717, 1.165) is 61.9 Å². The second-order valence-corrected chi connectivity index (χ2v) is 15.2. The Balaban J connectivity index is 0.000000497. The molecule has 2 fully saturated rings. The Morgan fingerprint density at radius 3 is 2.45 bits per heavy atom. The third kappa shape index (κ3) is 10.5. The molecule has 1 radical (unpaired) electrons. The van der Waals surface area contributed by atoms with Crippen LogP contribution < -0.4 is 10.6 Å². The largest absolute Gasteiger partial charge is 0.399 e. The maximum atomic E-state index is 16.6. The van der Waals surface area contributed by atoms with Crippen LogP contribution in [-0.2, 0) is 18.0 Å².